The van der Waals surface area contributed by atoms with Crippen molar-refractivity contribution in [1.29, 1.82) is 0 Å². The quantitative estimate of drug-likeness (QED) is 0.357. The van der Waals surface area contributed by atoms with Crippen molar-refractivity contribution in [1.82, 2.24) is 0 Å². The molecule has 0 saturated carbocycles. The van der Waals surface area contributed by atoms with Crippen LogP contribution in [0.2, 0.25) is 0 Å². The predicted molar refractivity (Wildman–Crippen MR) is 134 cm³/mol. The van der Waals surface area contributed by atoms with Gasteiger partial charge in [-0.2, -0.15) is 0 Å². The first-order valence-corrected chi connectivity index (χ1v) is 11.2. The highest BCUT2D eigenvalue weighted by Gasteiger charge is 2.21. The highest BCUT2D eigenvalue weighted by atomic mass is 16.5. The summed E-state index contributed by atoms with van der Waals surface area (Å²) in [5.41, 5.74) is -0.876. The monoisotopic (exact) mass is 495 g/mol. The van der Waals surface area contributed by atoms with Gasteiger partial charge in [0.05, 0.1) is 12.0 Å². The van der Waals surface area contributed by atoms with E-state index in [1.54, 1.807) is 43.3 Å². The third-order valence-corrected chi connectivity index (χ3v) is 5.35. The lowest BCUT2D eigenvalue weighted by atomic mass is 10.1. The van der Waals surface area contributed by atoms with E-state index in [0.29, 0.717) is 21.9 Å². The molecule has 0 aliphatic rings. The molecule has 2 aromatic carbocycles. The van der Waals surface area contributed by atoms with Gasteiger partial charge in [0.25, 0.3) is 0 Å². The largest absolute Gasteiger partial charge is 0.492 e. The van der Waals surface area contributed by atoms with Crippen LogP contribution in [-0.2, 0) is 0 Å². The van der Waals surface area contributed by atoms with Gasteiger partial charge in [0.2, 0.25) is 0 Å². The van der Waals surface area contributed by atoms with Gasteiger partial charge >= 0.3 is 23.2 Å². The smallest absolute Gasteiger partial charge is 0.354 e. The van der Waals surface area contributed by atoms with Gasteiger partial charge in [-0.25, -0.2) is 19.2 Å². The van der Waals surface area contributed by atoms with Crippen molar-refractivity contribution in [3.8, 4) is 5.75 Å². The second-order valence-electron chi connectivity index (χ2n) is 7.48. The molecule has 0 radical (unpaired) electrons. The number of anilines is 1. The Labute approximate surface area is 204 Å². The average Bonchev–Trinajstić information content (AvgIpc) is 2.84. The lowest BCUT2D eigenvalue weighted by molar-refractivity contribution is 0.0678. The van der Waals surface area contributed by atoms with Gasteiger partial charge < -0.3 is 28.7 Å². The van der Waals surface area contributed by atoms with Crippen LogP contribution in [0.1, 0.15) is 41.5 Å². The third-order valence-electron chi connectivity index (χ3n) is 5.35. The van der Waals surface area contributed by atoms with E-state index in [1.165, 1.54) is 6.07 Å². The van der Waals surface area contributed by atoms with E-state index >= 15 is 0 Å². The summed E-state index contributed by atoms with van der Waals surface area (Å²) in [6, 6.07) is 13.4. The number of para-hydroxylation sites is 1. The normalized spacial score (nSPS) is 10.5. The Bertz CT molecular complexity index is 1530. The van der Waals surface area contributed by atoms with Crippen LogP contribution >= 0.6 is 0 Å². The van der Waals surface area contributed by atoms with Gasteiger partial charge in [-0.05, 0) is 51.1 Å². The number of ether oxygens (including phenoxy) is 1. The van der Waals surface area contributed by atoms with Crippen molar-refractivity contribution in [2.75, 3.05) is 24.6 Å². The molecule has 2 N–H and O–H groups in total. The number of carbonyl (C=O) groups is 2. The lowest BCUT2D eigenvalue weighted by Crippen LogP contribution is -2.21. The van der Waals surface area contributed by atoms with Crippen LogP contribution in [-0.4, -0.2) is 41.8 Å². The maximum absolute atomic E-state index is 11.5. The minimum atomic E-state index is -1.35. The summed E-state index contributed by atoms with van der Waals surface area (Å²) in [4.78, 5) is 47.1. The minimum Gasteiger partial charge on any atom is -0.492 e. The van der Waals surface area contributed by atoms with Crippen LogP contribution < -0.4 is 20.9 Å². The number of hydrogen-bond donors (Lipinski definition) is 2. The van der Waals surface area contributed by atoms with Crippen LogP contribution in [0.15, 0.2) is 67.0 Å². The van der Waals surface area contributed by atoms with E-state index < -0.39 is 28.8 Å². The van der Waals surface area contributed by atoms with Crippen molar-refractivity contribution in [2.45, 2.75) is 20.8 Å². The van der Waals surface area contributed by atoms with Crippen LogP contribution in [0.25, 0.3) is 21.9 Å². The molecule has 0 bridgehead atoms. The van der Waals surface area contributed by atoms with E-state index in [0.717, 1.165) is 18.8 Å². The summed E-state index contributed by atoms with van der Waals surface area (Å²) in [6.07, 6.45) is 0. The first kappa shape index (κ1) is 26.0. The van der Waals surface area contributed by atoms with Gasteiger partial charge in [0.15, 0.2) is 11.3 Å². The molecule has 2 aromatic heterocycles. The van der Waals surface area contributed by atoms with Crippen LogP contribution in [0.3, 0.4) is 0 Å². The van der Waals surface area contributed by atoms with E-state index in [-0.39, 0.29) is 17.9 Å². The van der Waals surface area contributed by atoms with Crippen LogP contribution in [0, 0.1) is 0 Å². The number of carboxylic acid groups (broad SMARTS) is 2. The summed E-state index contributed by atoms with van der Waals surface area (Å²) in [7, 11) is 0. The molecule has 0 unspecified atom stereocenters. The van der Waals surface area contributed by atoms with E-state index in [1.807, 2.05) is 19.9 Å². The van der Waals surface area contributed by atoms with Crippen molar-refractivity contribution >= 4 is 39.6 Å². The number of nitrogens with zero attached hydrogens (tertiary/aromatic N) is 1. The molecule has 10 nitrogen and oxygen atoms in total. The molecule has 0 atom stereocenters. The number of benzene rings is 2. The average molecular weight is 495 g/mol. The summed E-state index contributed by atoms with van der Waals surface area (Å²) in [5.74, 6) is -2.57. The molecule has 4 aromatic rings. The summed E-state index contributed by atoms with van der Waals surface area (Å²) < 4.78 is 15.2. The molecule has 0 saturated heterocycles. The Balaban J connectivity index is 0.000000202. The molecule has 36 heavy (non-hydrogen) atoms. The molecule has 0 spiro atoms. The number of carboxylic acids is 2. The number of hydrogen-bond acceptors (Lipinski definition) is 8. The molecule has 2 heterocycles. The Morgan fingerprint density at radius 1 is 0.861 bits per heavy atom. The summed E-state index contributed by atoms with van der Waals surface area (Å²) in [5, 5.41) is 19.0. The molecule has 0 amide bonds. The Hall–Kier alpha value is -4.60. The molecule has 188 valence electrons. The van der Waals surface area contributed by atoms with Crippen molar-refractivity contribution in [3.63, 3.8) is 0 Å². The van der Waals surface area contributed by atoms with Crippen molar-refractivity contribution < 1.29 is 33.4 Å². The second-order valence-corrected chi connectivity index (χ2v) is 7.48. The number of aromatic carboxylic acids is 2. The van der Waals surface area contributed by atoms with Crippen LogP contribution in [0.4, 0.5) is 5.69 Å². The van der Waals surface area contributed by atoms with E-state index in [2.05, 4.69) is 4.90 Å². The Morgan fingerprint density at radius 3 is 2.14 bits per heavy atom. The lowest BCUT2D eigenvalue weighted by Gasteiger charge is -2.20. The molecule has 0 aliphatic heterocycles. The van der Waals surface area contributed by atoms with Crippen molar-refractivity contribution in [3.05, 3.63) is 80.5 Å². The second kappa shape index (κ2) is 11.2. The Morgan fingerprint density at radius 2 is 1.53 bits per heavy atom. The SMILES string of the molecule is CCN(CC)c1ccc2cc(C(=O)O)c(=O)oc2c1.CCOc1c(C(=O)O)c(=O)oc2ccccc12. The zero-order valence-corrected chi connectivity index (χ0v) is 19.9. The topological polar surface area (TPSA) is 147 Å². The number of rotatable bonds is 7. The molecular weight excluding hydrogens is 470 g/mol. The minimum absolute atomic E-state index is 0.0619. The van der Waals surface area contributed by atoms with Gasteiger partial charge in [0.1, 0.15) is 16.7 Å². The van der Waals surface area contributed by atoms with Gasteiger partial charge in [-0.15, -0.1) is 0 Å². The molecular formula is C26H25NO9. The van der Waals surface area contributed by atoms with Gasteiger partial charge in [-0.1, -0.05) is 12.1 Å². The highest BCUT2D eigenvalue weighted by Crippen LogP contribution is 2.27. The van der Waals surface area contributed by atoms with Crippen molar-refractivity contribution in [2.24, 2.45) is 0 Å². The molecule has 4 rings (SSSR count). The van der Waals surface area contributed by atoms with Gasteiger partial charge in [0, 0.05) is 30.2 Å². The summed E-state index contributed by atoms with van der Waals surface area (Å²) in [6.45, 7) is 7.76. The maximum atomic E-state index is 11.5. The fraction of sp³-hybridized carbons (Fsp3) is 0.231. The predicted octanol–water partition coefficient (Wildman–Crippen LogP) is 4.23. The molecule has 10 heteroatoms. The van der Waals surface area contributed by atoms with E-state index in [4.69, 9.17) is 23.8 Å². The van der Waals surface area contributed by atoms with Gasteiger partial charge in [-0.3, -0.25) is 0 Å². The molecule has 0 fully saturated rings. The first-order valence-electron chi connectivity index (χ1n) is 11.2. The summed E-state index contributed by atoms with van der Waals surface area (Å²) >= 11 is 0. The zero-order chi connectivity index (χ0) is 26.4. The zero-order valence-electron chi connectivity index (χ0n) is 19.9. The third kappa shape index (κ3) is 5.38. The fourth-order valence-corrected chi connectivity index (χ4v) is 3.63. The number of fused-ring (bicyclic) bond motifs is 2. The van der Waals surface area contributed by atoms with E-state index in [9.17, 15) is 19.2 Å². The standard InChI is InChI=1S/C14H15NO4.C12H10O5/c1-3-15(4-2)10-6-5-9-7-11(13(16)17)14(18)19-12(9)8-10;1-2-16-10-7-5-3-4-6-8(7)17-12(15)9(10)11(13)14/h5-8H,3-4H2,1-2H3,(H,16,17);3-6H,2H2,1H3,(H,13,14). The highest BCUT2D eigenvalue weighted by molar-refractivity contribution is 5.97. The fourth-order valence-electron chi connectivity index (χ4n) is 3.63. The first-order chi connectivity index (χ1) is 17.2. The maximum Gasteiger partial charge on any atom is 0.354 e. The Kier molecular flexibility index (Phi) is 8.11. The van der Waals surface area contributed by atoms with Crippen LogP contribution in [0.5, 0.6) is 5.75 Å². The molecule has 0 aliphatic carbocycles.